The Balaban J connectivity index is 1.94. The maximum Gasteiger partial charge on any atom is 0.0263 e. The van der Waals surface area contributed by atoms with Gasteiger partial charge in [-0.2, -0.15) is 0 Å². The van der Waals surface area contributed by atoms with Crippen molar-refractivity contribution in [3.63, 3.8) is 0 Å². The lowest BCUT2D eigenvalue weighted by Gasteiger charge is -2.42. The lowest BCUT2D eigenvalue weighted by Crippen LogP contribution is -2.50. The number of unbranched alkanes of at least 4 members (excludes halogenated alkanes) is 1. The van der Waals surface area contributed by atoms with Gasteiger partial charge in [0.25, 0.3) is 0 Å². The number of hydrogen-bond acceptors (Lipinski definition) is 2. The van der Waals surface area contributed by atoms with Crippen molar-refractivity contribution in [2.24, 2.45) is 5.92 Å². The predicted octanol–water partition coefficient (Wildman–Crippen LogP) is 2.64. The molecule has 0 bridgehead atoms. The second kappa shape index (κ2) is 6.02. The molecule has 3 unspecified atom stereocenters. The molecule has 0 aromatic carbocycles. The van der Waals surface area contributed by atoms with Gasteiger partial charge in [0.1, 0.15) is 0 Å². The summed E-state index contributed by atoms with van der Waals surface area (Å²) in [5, 5.41) is 3.59. The van der Waals surface area contributed by atoms with Gasteiger partial charge >= 0.3 is 0 Å². The molecule has 2 saturated heterocycles. The van der Waals surface area contributed by atoms with Crippen LogP contribution in [0.2, 0.25) is 0 Å². The molecule has 2 heterocycles. The normalized spacial score (nSPS) is 32.6. The molecule has 0 aromatic heterocycles. The number of nitrogens with zero attached hydrogens (tertiary/aromatic N) is 1. The summed E-state index contributed by atoms with van der Waals surface area (Å²) in [6.45, 7) is 8.54. The molecular weight excluding hydrogens is 196 g/mol. The number of hydrogen-bond donors (Lipinski definition) is 1. The number of piperidine rings is 1. The van der Waals surface area contributed by atoms with E-state index < -0.39 is 0 Å². The van der Waals surface area contributed by atoms with Crippen molar-refractivity contribution in [2.45, 2.75) is 64.5 Å². The summed E-state index contributed by atoms with van der Waals surface area (Å²) < 4.78 is 0. The van der Waals surface area contributed by atoms with Crippen LogP contribution in [0.25, 0.3) is 0 Å². The number of nitrogens with one attached hydrogen (secondary N) is 1. The molecule has 0 spiro atoms. The molecule has 1 N–H and O–H groups in total. The van der Waals surface area contributed by atoms with Gasteiger partial charge in [-0.25, -0.2) is 0 Å². The molecule has 16 heavy (non-hydrogen) atoms. The Labute approximate surface area is 101 Å². The average Bonchev–Trinajstić information content (AvgIpc) is 2.78. The van der Waals surface area contributed by atoms with Crippen molar-refractivity contribution in [1.82, 2.24) is 10.2 Å². The Hall–Kier alpha value is -0.0800. The zero-order chi connectivity index (χ0) is 11.4. The van der Waals surface area contributed by atoms with E-state index in [1.165, 1.54) is 58.2 Å². The van der Waals surface area contributed by atoms with E-state index in [1.54, 1.807) is 0 Å². The van der Waals surface area contributed by atoms with Gasteiger partial charge in [0.2, 0.25) is 0 Å². The Bertz CT molecular complexity index is 205. The Morgan fingerprint density at radius 3 is 2.94 bits per heavy atom. The van der Waals surface area contributed by atoms with Crippen LogP contribution >= 0.6 is 0 Å². The number of fused-ring (bicyclic) bond motifs is 1. The summed E-state index contributed by atoms with van der Waals surface area (Å²) in [5.74, 6) is 0.949. The van der Waals surface area contributed by atoms with Crippen LogP contribution in [-0.2, 0) is 0 Å². The van der Waals surface area contributed by atoms with Crippen molar-refractivity contribution in [3.8, 4) is 0 Å². The third kappa shape index (κ3) is 2.60. The largest absolute Gasteiger partial charge is 0.315 e. The monoisotopic (exact) mass is 224 g/mol. The van der Waals surface area contributed by atoms with Crippen LogP contribution in [0.15, 0.2) is 0 Å². The van der Waals surface area contributed by atoms with E-state index in [9.17, 15) is 0 Å². The summed E-state index contributed by atoms with van der Waals surface area (Å²) in [5.41, 5.74) is 0. The van der Waals surface area contributed by atoms with Gasteiger partial charge in [-0.15, -0.1) is 0 Å². The Morgan fingerprint density at radius 1 is 1.31 bits per heavy atom. The maximum absolute atomic E-state index is 3.59. The van der Waals surface area contributed by atoms with Gasteiger partial charge in [-0.3, -0.25) is 4.90 Å². The van der Waals surface area contributed by atoms with Crippen LogP contribution in [0.1, 0.15) is 52.4 Å². The predicted molar refractivity (Wildman–Crippen MR) is 69.7 cm³/mol. The molecule has 0 aromatic rings. The molecule has 0 radical (unpaired) electrons. The summed E-state index contributed by atoms with van der Waals surface area (Å²) >= 11 is 0. The molecule has 2 aliphatic rings. The second-order valence-electron chi connectivity index (χ2n) is 5.57. The van der Waals surface area contributed by atoms with Crippen molar-refractivity contribution in [3.05, 3.63) is 0 Å². The molecule has 2 fully saturated rings. The molecule has 0 aliphatic carbocycles. The van der Waals surface area contributed by atoms with Gasteiger partial charge in [0.05, 0.1) is 0 Å². The third-order valence-corrected chi connectivity index (χ3v) is 4.55. The highest BCUT2D eigenvalue weighted by molar-refractivity contribution is 4.94. The van der Waals surface area contributed by atoms with Crippen LogP contribution in [0.4, 0.5) is 0 Å². The van der Waals surface area contributed by atoms with E-state index in [0.717, 1.165) is 18.0 Å². The number of rotatable bonds is 5. The van der Waals surface area contributed by atoms with Crippen LogP contribution in [-0.4, -0.2) is 36.6 Å². The summed E-state index contributed by atoms with van der Waals surface area (Å²) in [6, 6.07) is 1.71. The first kappa shape index (κ1) is 12.4. The zero-order valence-corrected chi connectivity index (χ0v) is 11.0. The molecule has 2 heteroatoms. The first-order valence-electron chi connectivity index (χ1n) is 7.33. The van der Waals surface area contributed by atoms with Crippen LogP contribution in [0.5, 0.6) is 0 Å². The third-order valence-electron chi connectivity index (χ3n) is 4.55. The minimum atomic E-state index is 0.854. The lowest BCUT2D eigenvalue weighted by atomic mass is 9.89. The van der Waals surface area contributed by atoms with Crippen molar-refractivity contribution >= 4 is 0 Å². The van der Waals surface area contributed by atoms with Crippen molar-refractivity contribution in [2.75, 3.05) is 19.6 Å². The van der Waals surface area contributed by atoms with Crippen LogP contribution in [0.3, 0.4) is 0 Å². The first-order valence-corrected chi connectivity index (χ1v) is 7.33. The van der Waals surface area contributed by atoms with Gasteiger partial charge < -0.3 is 5.32 Å². The van der Waals surface area contributed by atoms with Gasteiger partial charge in [0, 0.05) is 18.6 Å². The number of likely N-dealkylation sites (tertiary alicyclic amines) is 1. The van der Waals surface area contributed by atoms with Crippen molar-refractivity contribution in [1.29, 1.82) is 0 Å². The first-order chi connectivity index (χ1) is 7.86. The highest BCUT2D eigenvalue weighted by Crippen LogP contribution is 2.30. The smallest absolute Gasteiger partial charge is 0.0263 e. The molecule has 2 nitrogen and oxygen atoms in total. The fraction of sp³-hybridized carbons (Fsp3) is 1.00. The standard InChI is InChI=1S/C14H28N2/c1-3-5-8-13(4-2)16-9-6-7-12-10-15-11-14(12)16/h12-15H,3-11H2,1-2H3. The van der Waals surface area contributed by atoms with E-state index in [1.807, 2.05) is 0 Å². The molecule has 3 atom stereocenters. The summed E-state index contributed by atoms with van der Waals surface area (Å²) in [7, 11) is 0. The van der Waals surface area contributed by atoms with Gasteiger partial charge in [-0.1, -0.05) is 26.7 Å². The fourth-order valence-corrected chi connectivity index (χ4v) is 3.60. The molecule has 94 valence electrons. The molecule has 0 amide bonds. The van der Waals surface area contributed by atoms with Crippen LogP contribution < -0.4 is 5.32 Å². The van der Waals surface area contributed by atoms with E-state index in [2.05, 4.69) is 24.1 Å². The summed E-state index contributed by atoms with van der Waals surface area (Å²) in [4.78, 5) is 2.84. The Morgan fingerprint density at radius 2 is 2.19 bits per heavy atom. The van der Waals surface area contributed by atoms with Gasteiger partial charge in [0.15, 0.2) is 0 Å². The minimum absolute atomic E-state index is 0.854. The van der Waals surface area contributed by atoms with Crippen molar-refractivity contribution < 1.29 is 0 Å². The quantitative estimate of drug-likeness (QED) is 0.772. The second-order valence-corrected chi connectivity index (χ2v) is 5.57. The molecule has 2 aliphatic heterocycles. The molecule has 0 saturated carbocycles. The summed E-state index contributed by atoms with van der Waals surface area (Å²) in [6.07, 6.45) is 8.37. The molecular formula is C14H28N2. The van der Waals surface area contributed by atoms with E-state index in [0.29, 0.717) is 0 Å². The van der Waals surface area contributed by atoms with E-state index in [4.69, 9.17) is 0 Å². The fourth-order valence-electron chi connectivity index (χ4n) is 3.60. The molecule has 2 rings (SSSR count). The van der Waals surface area contributed by atoms with Gasteiger partial charge in [-0.05, 0) is 44.7 Å². The highest BCUT2D eigenvalue weighted by atomic mass is 15.2. The SMILES string of the molecule is CCCCC(CC)N1CCCC2CNCC21. The maximum atomic E-state index is 3.59. The minimum Gasteiger partial charge on any atom is -0.315 e. The average molecular weight is 224 g/mol. The highest BCUT2D eigenvalue weighted by Gasteiger charge is 2.37. The zero-order valence-electron chi connectivity index (χ0n) is 11.0. The van der Waals surface area contributed by atoms with Crippen LogP contribution in [0, 0.1) is 5.92 Å². The van der Waals surface area contributed by atoms with E-state index in [-0.39, 0.29) is 0 Å². The topological polar surface area (TPSA) is 15.3 Å². The lowest BCUT2D eigenvalue weighted by molar-refractivity contribution is 0.0694. The van der Waals surface area contributed by atoms with E-state index >= 15 is 0 Å². The Kier molecular flexibility index (Phi) is 4.66.